The molecule has 1 N–H and O–H groups in total. The molecule has 8 heteroatoms. The number of nitrogens with one attached hydrogen (secondary N) is 1. The predicted octanol–water partition coefficient (Wildman–Crippen LogP) is 0.974. The fourth-order valence-electron chi connectivity index (χ4n) is 2.47. The molecule has 1 amide bonds. The average molecular weight is 322 g/mol. The summed E-state index contributed by atoms with van der Waals surface area (Å²) >= 11 is 0. The molecule has 1 heterocycles. The largest absolute Gasteiger partial charge is 0.467 e. The number of ether oxygens (including phenoxy) is 2. The average Bonchev–Trinajstić information content (AvgIpc) is 3.08. The standard InChI is InChI=1S/C15H18N2O6/c1-22-15(19)11(16-14(18)13-7-4-8-23-13)9-10-5-2-3-6-12(10)17(20)21/h2-3,5-6,11,13H,4,7-9H2,1H3,(H,16,18)/t11-,13+/m0/s1. The minimum Gasteiger partial charge on any atom is -0.467 e. The highest BCUT2D eigenvalue weighted by atomic mass is 16.6. The topological polar surface area (TPSA) is 108 Å². The van der Waals surface area contributed by atoms with Gasteiger partial charge in [-0.25, -0.2) is 4.79 Å². The normalized spacial score (nSPS) is 18.2. The zero-order valence-corrected chi connectivity index (χ0v) is 12.7. The van der Waals surface area contributed by atoms with E-state index < -0.39 is 28.9 Å². The van der Waals surface area contributed by atoms with Crippen LogP contribution in [0.15, 0.2) is 24.3 Å². The van der Waals surface area contributed by atoms with E-state index in [2.05, 4.69) is 10.1 Å². The minimum absolute atomic E-state index is 0.0255. The van der Waals surface area contributed by atoms with E-state index in [0.717, 1.165) is 6.42 Å². The fraction of sp³-hybridized carbons (Fsp3) is 0.467. The molecule has 0 bridgehead atoms. The third-order valence-electron chi connectivity index (χ3n) is 3.64. The second kappa shape index (κ2) is 7.68. The molecule has 1 saturated heterocycles. The van der Waals surface area contributed by atoms with E-state index in [4.69, 9.17) is 4.74 Å². The van der Waals surface area contributed by atoms with Crippen molar-refractivity contribution in [2.24, 2.45) is 0 Å². The first-order valence-electron chi connectivity index (χ1n) is 7.25. The first-order valence-corrected chi connectivity index (χ1v) is 7.25. The molecule has 1 aliphatic rings. The van der Waals surface area contributed by atoms with Gasteiger partial charge in [-0.2, -0.15) is 0 Å². The summed E-state index contributed by atoms with van der Waals surface area (Å²) in [6.45, 7) is 0.505. The second-order valence-corrected chi connectivity index (χ2v) is 5.18. The summed E-state index contributed by atoms with van der Waals surface area (Å²) in [6.07, 6.45) is 0.756. The van der Waals surface area contributed by atoms with Crippen LogP contribution in [0, 0.1) is 10.1 Å². The van der Waals surface area contributed by atoms with Crippen molar-refractivity contribution in [2.45, 2.75) is 31.4 Å². The Balaban J connectivity index is 2.14. The molecule has 0 aromatic heterocycles. The van der Waals surface area contributed by atoms with Crippen LogP contribution in [-0.4, -0.2) is 42.7 Å². The summed E-state index contributed by atoms with van der Waals surface area (Å²) in [7, 11) is 1.20. The predicted molar refractivity (Wildman–Crippen MR) is 79.7 cm³/mol. The van der Waals surface area contributed by atoms with Crippen LogP contribution in [0.3, 0.4) is 0 Å². The lowest BCUT2D eigenvalue weighted by Gasteiger charge is -2.18. The Kier molecular flexibility index (Phi) is 5.64. The highest BCUT2D eigenvalue weighted by Gasteiger charge is 2.30. The van der Waals surface area contributed by atoms with Crippen molar-refractivity contribution >= 4 is 17.6 Å². The van der Waals surface area contributed by atoms with Gasteiger partial charge in [-0.15, -0.1) is 0 Å². The molecule has 0 aliphatic carbocycles. The van der Waals surface area contributed by atoms with Crippen LogP contribution < -0.4 is 5.32 Å². The number of esters is 1. The SMILES string of the molecule is COC(=O)[C@H](Cc1ccccc1[N+](=O)[O-])NC(=O)[C@H]1CCCO1. The van der Waals surface area contributed by atoms with E-state index in [-0.39, 0.29) is 12.1 Å². The summed E-state index contributed by atoms with van der Waals surface area (Å²) < 4.78 is 9.95. The number of methoxy groups -OCH3 is 1. The Labute approximate surface area is 132 Å². The molecule has 2 atom stereocenters. The van der Waals surface area contributed by atoms with Crippen molar-refractivity contribution in [1.29, 1.82) is 0 Å². The van der Waals surface area contributed by atoms with E-state index in [1.54, 1.807) is 18.2 Å². The van der Waals surface area contributed by atoms with Gasteiger partial charge in [-0.3, -0.25) is 14.9 Å². The van der Waals surface area contributed by atoms with Gasteiger partial charge in [0.1, 0.15) is 12.1 Å². The van der Waals surface area contributed by atoms with Gasteiger partial charge in [0.2, 0.25) is 5.91 Å². The number of amides is 1. The molecule has 0 radical (unpaired) electrons. The van der Waals surface area contributed by atoms with E-state index in [1.165, 1.54) is 13.2 Å². The molecule has 124 valence electrons. The lowest BCUT2D eigenvalue weighted by atomic mass is 10.0. The van der Waals surface area contributed by atoms with Crippen LogP contribution in [-0.2, 0) is 25.5 Å². The quantitative estimate of drug-likeness (QED) is 0.475. The van der Waals surface area contributed by atoms with Gasteiger partial charge in [0.15, 0.2) is 0 Å². The molecule has 8 nitrogen and oxygen atoms in total. The number of rotatable bonds is 6. The smallest absolute Gasteiger partial charge is 0.328 e. The van der Waals surface area contributed by atoms with Gasteiger partial charge >= 0.3 is 5.97 Å². The Bertz CT molecular complexity index is 597. The van der Waals surface area contributed by atoms with Crippen LogP contribution >= 0.6 is 0 Å². The molecule has 0 spiro atoms. The zero-order chi connectivity index (χ0) is 16.8. The van der Waals surface area contributed by atoms with Crippen LogP contribution in [0.1, 0.15) is 18.4 Å². The van der Waals surface area contributed by atoms with Crippen LogP contribution in [0.5, 0.6) is 0 Å². The Morgan fingerprint density at radius 3 is 2.83 bits per heavy atom. The van der Waals surface area contributed by atoms with Crippen LogP contribution in [0.4, 0.5) is 5.69 Å². The monoisotopic (exact) mass is 322 g/mol. The molecular weight excluding hydrogens is 304 g/mol. The number of carbonyl (C=O) groups excluding carboxylic acids is 2. The van der Waals surface area contributed by atoms with E-state index in [1.807, 2.05) is 0 Å². The van der Waals surface area contributed by atoms with Crippen molar-refractivity contribution in [1.82, 2.24) is 5.32 Å². The van der Waals surface area contributed by atoms with E-state index in [0.29, 0.717) is 18.6 Å². The molecular formula is C15H18N2O6. The van der Waals surface area contributed by atoms with Gasteiger partial charge in [0.25, 0.3) is 5.69 Å². The van der Waals surface area contributed by atoms with Gasteiger partial charge in [0, 0.05) is 24.7 Å². The van der Waals surface area contributed by atoms with Crippen molar-refractivity contribution < 1.29 is 24.0 Å². The first-order chi connectivity index (χ1) is 11.0. The van der Waals surface area contributed by atoms with Gasteiger partial charge in [-0.05, 0) is 12.8 Å². The van der Waals surface area contributed by atoms with Crippen LogP contribution in [0.2, 0.25) is 0 Å². The third kappa shape index (κ3) is 4.26. The summed E-state index contributed by atoms with van der Waals surface area (Å²) in [6, 6.07) is 5.08. The number of benzene rings is 1. The van der Waals surface area contributed by atoms with E-state index >= 15 is 0 Å². The summed E-state index contributed by atoms with van der Waals surface area (Å²) in [5.41, 5.74) is 0.244. The first kappa shape index (κ1) is 16.9. The van der Waals surface area contributed by atoms with Gasteiger partial charge in [0.05, 0.1) is 12.0 Å². The molecule has 0 saturated carbocycles. The summed E-state index contributed by atoms with van der Waals surface area (Å²) in [5, 5.41) is 13.6. The molecule has 23 heavy (non-hydrogen) atoms. The molecule has 1 aromatic rings. The lowest BCUT2D eigenvalue weighted by Crippen LogP contribution is -2.47. The van der Waals surface area contributed by atoms with Crippen molar-refractivity contribution in [3.63, 3.8) is 0 Å². The van der Waals surface area contributed by atoms with Crippen molar-refractivity contribution in [2.75, 3.05) is 13.7 Å². The maximum absolute atomic E-state index is 12.1. The second-order valence-electron chi connectivity index (χ2n) is 5.18. The summed E-state index contributed by atoms with van der Waals surface area (Å²) in [4.78, 5) is 34.5. The number of hydrogen-bond donors (Lipinski definition) is 1. The Morgan fingerprint density at radius 2 is 2.22 bits per heavy atom. The lowest BCUT2D eigenvalue weighted by molar-refractivity contribution is -0.385. The highest BCUT2D eigenvalue weighted by Crippen LogP contribution is 2.20. The maximum atomic E-state index is 12.1. The Morgan fingerprint density at radius 1 is 1.48 bits per heavy atom. The number of hydrogen-bond acceptors (Lipinski definition) is 6. The molecule has 2 rings (SSSR count). The van der Waals surface area contributed by atoms with Crippen LogP contribution in [0.25, 0.3) is 0 Å². The van der Waals surface area contributed by atoms with Crippen molar-refractivity contribution in [3.05, 3.63) is 39.9 Å². The van der Waals surface area contributed by atoms with Gasteiger partial charge < -0.3 is 14.8 Å². The number of nitro benzene ring substituents is 1. The fourth-order valence-corrected chi connectivity index (χ4v) is 2.47. The number of nitrogens with zero attached hydrogens (tertiary/aromatic N) is 1. The summed E-state index contributed by atoms with van der Waals surface area (Å²) in [5.74, 6) is -1.06. The maximum Gasteiger partial charge on any atom is 0.328 e. The highest BCUT2D eigenvalue weighted by molar-refractivity contribution is 5.87. The molecule has 1 aliphatic heterocycles. The molecule has 1 fully saturated rings. The Hall–Kier alpha value is -2.48. The zero-order valence-electron chi connectivity index (χ0n) is 12.7. The van der Waals surface area contributed by atoms with E-state index in [9.17, 15) is 19.7 Å². The van der Waals surface area contributed by atoms with Crippen molar-refractivity contribution in [3.8, 4) is 0 Å². The number of nitro groups is 1. The van der Waals surface area contributed by atoms with Gasteiger partial charge in [-0.1, -0.05) is 18.2 Å². The molecule has 0 unspecified atom stereocenters. The number of carbonyl (C=O) groups is 2. The minimum atomic E-state index is -1.00. The molecule has 1 aromatic carbocycles. The third-order valence-corrected chi connectivity index (χ3v) is 3.64. The number of para-hydroxylation sites is 1.